The van der Waals surface area contributed by atoms with Gasteiger partial charge in [-0.2, -0.15) is 5.26 Å². The van der Waals surface area contributed by atoms with Crippen molar-refractivity contribution in [3.05, 3.63) is 59.7 Å². The largest absolute Gasteiger partial charge is 0.193 e. The number of aryl methyl sites for hydroxylation is 1. The average molecular weight is 404 g/mol. The molecule has 0 saturated heterocycles. The maximum atomic E-state index is 8.54. The number of hydrogen-bond donors (Lipinski definition) is 0. The van der Waals surface area contributed by atoms with Gasteiger partial charge in [-0.15, -0.1) is 0 Å². The van der Waals surface area contributed by atoms with Crippen LogP contribution in [0.3, 0.4) is 0 Å². The molecule has 1 aromatic carbocycles. The third kappa shape index (κ3) is 7.46. The first-order valence-corrected chi connectivity index (χ1v) is 12.6. The molecule has 0 aromatic heterocycles. The molecule has 0 aliphatic heterocycles. The van der Waals surface area contributed by atoms with Crippen LogP contribution in [0.1, 0.15) is 101 Å². The van der Waals surface area contributed by atoms with Crippen LogP contribution in [0, 0.1) is 29.1 Å². The predicted molar refractivity (Wildman–Crippen MR) is 128 cm³/mol. The highest BCUT2D eigenvalue weighted by atomic mass is 14.3. The van der Waals surface area contributed by atoms with Gasteiger partial charge in [0.25, 0.3) is 0 Å². The van der Waals surface area contributed by atoms with E-state index in [0.29, 0.717) is 0 Å². The van der Waals surface area contributed by atoms with Gasteiger partial charge in [0.2, 0.25) is 0 Å². The van der Waals surface area contributed by atoms with Crippen molar-refractivity contribution in [3.8, 4) is 6.07 Å². The number of rotatable bonds is 9. The Bertz CT molecular complexity index is 689. The molecular formula is C29H41N. The summed E-state index contributed by atoms with van der Waals surface area (Å²) in [5.41, 5.74) is 3.10. The highest BCUT2D eigenvalue weighted by Crippen LogP contribution is 2.40. The number of nitrogens with zero attached hydrogens (tertiary/aromatic N) is 1. The fraction of sp³-hybridized carbons (Fsp3) is 0.621. The molecule has 0 spiro atoms. The Morgan fingerprint density at radius 1 is 0.867 bits per heavy atom. The Kier molecular flexibility index (Phi) is 9.75. The molecular weight excluding hydrogens is 362 g/mol. The second-order valence-electron chi connectivity index (χ2n) is 9.79. The first kappa shape index (κ1) is 22.9. The predicted octanol–water partition coefficient (Wildman–Crippen LogP) is 8.53. The highest BCUT2D eigenvalue weighted by Gasteiger charge is 2.24. The minimum atomic E-state index is 0.730. The Labute approximate surface area is 185 Å². The molecule has 0 bridgehead atoms. The Balaban J connectivity index is 1.32. The lowest BCUT2D eigenvalue weighted by Crippen LogP contribution is -2.17. The van der Waals surface area contributed by atoms with E-state index in [9.17, 15) is 0 Å². The SMILES string of the molecule is CCCCc1ccc([C@H]2CC[C@H](CC[C@H]3CC[C@H](/C=C/C=C/C#N)CC3)CC2)cc1. The molecule has 1 aromatic rings. The summed E-state index contributed by atoms with van der Waals surface area (Å²) in [7, 11) is 0. The lowest BCUT2D eigenvalue weighted by Gasteiger charge is -2.31. The molecule has 0 heterocycles. The first-order valence-electron chi connectivity index (χ1n) is 12.6. The van der Waals surface area contributed by atoms with Crippen LogP contribution in [0.2, 0.25) is 0 Å². The molecule has 1 nitrogen and oxygen atoms in total. The van der Waals surface area contributed by atoms with E-state index in [2.05, 4.69) is 43.3 Å². The van der Waals surface area contributed by atoms with Gasteiger partial charge in [-0.1, -0.05) is 68.7 Å². The fourth-order valence-corrected chi connectivity index (χ4v) is 5.58. The van der Waals surface area contributed by atoms with Gasteiger partial charge < -0.3 is 0 Å². The standard InChI is InChI=1S/C29H41N/c1-2-3-7-24-15-19-28(20-16-24)29-21-17-27(18-22-29)14-13-26-11-9-25(10-12-26)8-5-4-6-23-30/h4-6,8,15-16,19-20,25-27,29H,2-3,7,9-14,17-18,21-22H2,1H3/b6-4+,8-5+/t25-,26-,27-,29-. The topological polar surface area (TPSA) is 23.8 Å². The number of unbranched alkanes of at least 4 members (excludes halogenated alkanes) is 1. The highest BCUT2D eigenvalue weighted by molar-refractivity contribution is 5.26. The summed E-state index contributed by atoms with van der Waals surface area (Å²) < 4.78 is 0. The van der Waals surface area contributed by atoms with Gasteiger partial charge in [0.1, 0.15) is 0 Å². The van der Waals surface area contributed by atoms with Crippen LogP contribution in [0.5, 0.6) is 0 Å². The second-order valence-corrected chi connectivity index (χ2v) is 9.79. The maximum absolute atomic E-state index is 8.54. The second kappa shape index (κ2) is 12.8. The molecule has 3 rings (SSSR count). The monoisotopic (exact) mass is 403 g/mol. The van der Waals surface area contributed by atoms with Crippen molar-refractivity contribution in [2.75, 3.05) is 0 Å². The summed E-state index contributed by atoms with van der Waals surface area (Å²) in [6.45, 7) is 2.27. The molecule has 2 fully saturated rings. The summed E-state index contributed by atoms with van der Waals surface area (Å²) in [5.74, 6) is 3.46. The zero-order chi connectivity index (χ0) is 21.0. The molecule has 0 N–H and O–H groups in total. The van der Waals surface area contributed by atoms with Gasteiger partial charge in [-0.25, -0.2) is 0 Å². The fourth-order valence-electron chi connectivity index (χ4n) is 5.58. The molecule has 162 valence electrons. The van der Waals surface area contributed by atoms with Crippen LogP contribution in [-0.2, 0) is 6.42 Å². The normalized spacial score (nSPS) is 27.5. The van der Waals surface area contributed by atoms with Gasteiger partial charge in [0.15, 0.2) is 0 Å². The molecule has 1 heteroatoms. The van der Waals surface area contributed by atoms with Crippen molar-refractivity contribution >= 4 is 0 Å². The molecule has 2 aliphatic carbocycles. The minimum absolute atomic E-state index is 0.730. The Hall–Kier alpha value is -1.81. The molecule has 2 aliphatic rings. The summed E-state index contributed by atoms with van der Waals surface area (Å²) in [4.78, 5) is 0. The quantitative estimate of drug-likeness (QED) is 0.299. The summed E-state index contributed by atoms with van der Waals surface area (Å²) in [6.07, 6.45) is 25.7. The molecule has 0 unspecified atom stereocenters. The van der Waals surface area contributed by atoms with E-state index in [1.807, 2.05) is 12.1 Å². The summed E-state index contributed by atoms with van der Waals surface area (Å²) in [5, 5.41) is 8.54. The number of nitriles is 1. The van der Waals surface area contributed by atoms with Gasteiger partial charge in [0.05, 0.1) is 6.07 Å². The third-order valence-corrected chi connectivity index (χ3v) is 7.66. The van der Waals surface area contributed by atoms with Crippen LogP contribution in [0.25, 0.3) is 0 Å². The van der Waals surface area contributed by atoms with Crippen molar-refractivity contribution in [2.45, 2.75) is 96.3 Å². The van der Waals surface area contributed by atoms with Gasteiger partial charge in [-0.3, -0.25) is 0 Å². The first-order chi connectivity index (χ1) is 14.8. The van der Waals surface area contributed by atoms with E-state index in [4.69, 9.17) is 5.26 Å². The smallest absolute Gasteiger partial charge is 0.0912 e. The number of allylic oxidation sites excluding steroid dienone is 4. The van der Waals surface area contributed by atoms with Crippen LogP contribution in [0.4, 0.5) is 0 Å². The summed E-state index contributed by atoms with van der Waals surface area (Å²) in [6, 6.07) is 11.6. The minimum Gasteiger partial charge on any atom is -0.193 e. The molecule has 0 amide bonds. The van der Waals surface area contributed by atoms with E-state index in [0.717, 1.165) is 23.7 Å². The number of hydrogen-bond acceptors (Lipinski definition) is 1. The molecule has 0 atom stereocenters. The Morgan fingerprint density at radius 2 is 1.50 bits per heavy atom. The average Bonchev–Trinajstić information content (AvgIpc) is 2.81. The lowest BCUT2D eigenvalue weighted by molar-refractivity contribution is 0.246. The van der Waals surface area contributed by atoms with Crippen LogP contribution >= 0.6 is 0 Å². The van der Waals surface area contributed by atoms with Gasteiger partial charge in [-0.05, 0) is 99.0 Å². The van der Waals surface area contributed by atoms with E-state index < -0.39 is 0 Å². The van der Waals surface area contributed by atoms with Crippen molar-refractivity contribution in [3.63, 3.8) is 0 Å². The zero-order valence-electron chi connectivity index (χ0n) is 19.1. The lowest BCUT2D eigenvalue weighted by atomic mass is 9.74. The van der Waals surface area contributed by atoms with Gasteiger partial charge >= 0.3 is 0 Å². The van der Waals surface area contributed by atoms with Gasteiger partial charge in [0, 0.05) is 6.08 Å². The van der Waals surface area contributed by atoms with E-state index in [-0.39, 0.29) is 0 Å². The number of benzene rings is 1. The van der Waals surface area contributed by atoms with Crippen molar-refractivity contribution < 1.29 is 0 Å². The maximum Gasteiger partial charge on any atom is 0.0912 e. The zero-order valence-corrected chi connectivity index (χ0v) is 19.1. The van der Waals surface area contributed by atoms with E-state index >= 15 is 0 Å². The van der Waals surface area contributed by atoms with E-state index in [1.165, 1.54) is 89.0 Å². The molecule has 0 radical (unpaired) electrons. The third-order valence-electron chi connectivity index (χ3n) is 7.66. The summed E-state index contributed by atoms with van der Waals surface area (Å²) >= 11 is 0. The van der Waals surface area contributed by atoms with Crippen LogP contribution in [0.15, 0.2) is 48.6 Å². The molecule has 2 saturated carbocycles. The van der Waals surface area contributed by atoms with Crippen LogP contribution in [-0.4, -0.2) is 0 Å². The van der Waals surface area contributed by atoms with Crippen molar-refractivity contribution in [1.29, 1.82) is 5.26 Å². The van der Waals surface area contributed by atoms with Crippen molar-refractivity contribution in [2.24, 2.45) is 17.8 Å². The van der Waals surface area contributed by atoms with Crippen LogP contribution < -0.4 is 0 Å². The van der Waals surface area contributed by atoms with Crippen molar-refractivity contribution in [1.82, 2.24) is 0 Å². The molecule has 30 heavy (non-hydrogen) atoms. The Morgan fingerprint density at radius 3 is 2.10 bits per heavy atom. The van der Waals surface area contributed by atoms with E-state index in [1.54, 1.807) is 11.6 Å².